The van der Waals surface area contributed by atoms with E-state index in [1.165, 1.54) is 12.3 Å². The van der Waals surface area contributed by atoms with Gasteiger partial charge in [0.1, 0.15) is 0 Å². The van der Waals surface area contributed by atoms with Gasteiger partial charge in [0.25, 0.3) is 5.91 Å². The minimum atomic E-state index is -0.762. The molecule has 2 amide bonds. The number of carbonyl (C=O) groups is 3. The fraction of sp³-hybridized carbons (Fsp3) is 0.130. The zero-order valence-corrected chi connectivity index (χ0v) is 18.5. The summed E-state index contributed by atoms with van der Waals surface area (Å²) in [6.45, 7) is 1.12. The van der Waals surface area contributed by atoms with Gasteiger partial charge in [0.2, 0.25) is 5.91 Å². The largest absolute Gasteiger partial charge is 0.452 e. The quantitative estimate of drug-likeness (QED) is 0.487. The van der Waals surface area contributed by atoms with Crippen molar-refractivity contribution in [3.63, 3.8) is 0 Å². The molecule has 0 unspecified atom stereocenters. The highest BCUT2D eigenvalue weighted by Crippen LogP contribution is 2.28. The van der Waals surface area contributed by atoms with Gasteiger partial charge in [-0.25, -0.2) is 9.78 Å². The first-order valence-corrected chi connectivity index (χ1v) is 10.3. The average Bonchev–Trinajstić information content (AvgIpc) is 2.79. The number of hydrogen-bond acceptors (Lipinski definition) is 5. The standard InChI is InChI=1S/C23H19Cl2N3O4/c1-14-17(24)12-26-22(21(14)25)28-20(30)13-32-23(31)16-9-5-6-10-18(16)27-19(29)11-15-7-3-2-4-8-15/h2-10,12H,11,13H2,1H3,(H,27,29)(H,26,28,30). The molecule has 1 heterocycles. The number of rotatable bonds is 7. The lowest BCUT2D eigenvalue weighted by atomic mass is 10.1. The Bertz CT molecular complexity index is 1150. The van der Waals surface area contributed by atoms with Crippen LogP contribution in [0.4, 0.5) is 11.5 Å². The molecular weight excluding hydrogens is 453 g/mol. The zero-order chi connectivity index (χ0) is 23.1. The predicted molar refractivity (Wildman–Crippen MR) is 123 cm³/mol. The number of benzene rings is 2. The molecule has 0 atom stereocenters. The van der Waals surface area contributed by atoms with E-state index in [9.17, 15) is 14.4 Å². The molecule has 3 aromatic rings. The second kappa shape index (κ2) is 10.7. The SMILES string of the molecule is Cc1c(Cl)cnc(NC(=O)COC(=O)c2ccccc2NC(=O)Cc2ccccc2)c1Cl. The van der Waals surface area contributed by atoms with E-state index in [2.05, 4.69) is 15.6 Å². The van der Waals surface area contributed by atoms with Crippen LogP contribution >= 0.6 is 23.2 Å². The molecule has 0 aliphatic heterocycles. The molecule has 0 radical (unpaired) electrons. The molecule has 164 valence electrons. The van der Waals surface area contributed by atoms with E-state index in [0.717, 1.165) is 5.56 Å². The minimum absolute atomic E-state index is 0.114. The van der Waals surface area contributed by atoms with E-state index < -0.39 is 18.5 Å². The molecule has 0 fully saturated rings. The van der Waals surface area contributed by atoms with Crippen LogP contribution in [0.25, 0.3) is 0 Å². The molecule has 2 aromatic carbocycles. The van der Waals surface area contributed by atoms with Gasteiger partial charge >= 0.3 is 5.97 Å². The van der Waals surface area contributed by atoms with Gasteiger partial charge in [-0.05, 0) is 30.2 Å². The summed E-state index contributed by atoms with van der Waals surface area (Å²) in [6.07, 6.45) is 1.51. The highest BCUT2D eigenvalue weighted by atomic mass is 35.5. The van der Waals surface area contributed by atoms with E-state index in [0.29, 0.717) is 10.6 Å². The Hall–Kier alpha value is -3.42. The lowest BCUT2D eigenvalue weighted by Gasteiger charge is -2.12. The van der Waals surface area contributed by atoms with Crippen molar-refractivity contribution < 1.29 is 19.1 Å². The van der Waals surface area contributed by atoms with Gasteiger partial charge in [-0.15, -0.1) is 0 Å². The van der Waals surface area contributed by atoms with Crippen molar-refractivity contribution in [3.8, 4) is 0 Å². The summed E-state index contributed by atoms with van der Waals surface area (Å²) in [5.41, 5.74) is 1.82. The number of nitrogens with zero attached hydrogens (tertiary/aromatic N) is 1. The van der Waals surface area contributed by atoms with Crippen LogP contribution in [0, 0.1) is 6.92 Å². The van der Waals surface area contributed by atoms with Crippen molar-refractivity contribution in [1.82, 2.24) is 4.98 Å². The molecule has 2 N–H and O–H groups in total. The molecule has 3 rings (SSSR count). The fourth-order valence-corrected chi connectivity index (χ4v) is 3.16. The zero-order valence-electron chi connectivity index (χ0n) is 17.0. The molecule has 0 saturated carbocycles. The first kappa shape index (κ1) is 23.2. The van der Waals surface area contributed by atoms with E-state index >= 15 is 0 Å². The monoisotopic (exact) mass is 471 g/mol. The van der Waals surface area contributed by atoms with Crippen LogP contribution in [-0.2, 0) is 20.7 Å². The van der Waals surface area contributed by atoms with Crippen LogP contribution in [0.2, 0.25) is 10.0 Å². The molecule has 0 spiro atoms. The first-order chi connectivity index (χ1) is 15.3. The van der Waals surface area contributed by atoms with Gasteiger partial charge in [0.05, 0.1) is 27.7 Å². The molecule has 1 aromatic heterocycles. The Balaban J connectivity index is 1.60. The maximum absolute atomic E-state index is 12.5. The molecular formula is C23H19Cl2N3O4. The maximum Gasteiger partial charge on any atom is 0.340 e. The first-order valence-electron chi connectivity index (χ1n) is 9.55. The molecule has 9 heteroatoms. The number of anilines is 2. The number of amides is 2. The molecule has 32 heavy (non-hydrogen) atoms. The molecule has 0 bridgehead atoms. The maximum atomic E-state index is 12.5. The molecule has 0 aliphatic rings. The molecule has 7 nitrogen and oxygen atoms in total. The summed E-state index contributed by atoms with van der Waals surface area (Å²) >= 11 is 12.0. The number of pyridine rings is 1. The van der Waals surface area contributed by atoms with Crippen LogP contribution in [0.3, 0.4) is 0 Å². The van der Waals surface area contributed by atoms with Crippen LogP contribution < -0.4 is 10.6 Å². The fourth-order valence-electron chi connectivity index (χ4n) is 2.77. The highest BCUT2D eigenvalue weighted by molar-refractivity contribution is 6.37. The Morgan fingerprint density at radius 1 is 0.938 bits per heavy atom. The lowest BCUT2D eigenvalue weighted by Crippen LogP contribution is -2.23. The van der Waals surface area contributed by atoms with Gasteiger partial charge in [0.15, 0.2) is 12.4 Å². The predicted octanol–water partition coefficient (Wildman–Crippen LogP) is 4.67. The van der Waals surface area contributed by atoms with E-state index in [1.54, 1.807) is 25.1 Å². The summed E-state index contributed by atoms with van der Waals surface area (Å²) in [6, 6.07) is 15.6. The van der Waals surface area contributed by atoms with Crippen molar-refractivity contribution in [1.29, 1.82) is 0 Å². The van der Waals surface area contributed by atoms with E-state index in [-0.39, 0.29) is 34.4 Å². The summed E-state index contributed by atoms with van der Waals surface area (Å²) < 4.78 is 5.10. The lowest BCUT2D eigenvalue weighted by molar-refractivity contribution is -0.119. The Labute approximate surface area is 194 Å². The number of halogens is 2. The number of aromatic nitrogens is 1. The molecule has 0 aliphatic carbocycles. The average molecular weight is 472 g/mol. The summed E-state index contributed by atoms with van der Waals surface area (Å²) in [5.74, 6) is -1.56. The second-order valence-electron chi connectivity index (χ2n) is 6.77. The third-order valence-corrected chi connectivity index (χ3v) is 5.27. The number of ether oxygens (including phenoxy) is 1. The van der Waals surface area contributed by atoms with Crippen LogP contribution in [0.5, 0.6) is 0 Å². The topological polar surface area (TPSA) is 97.4 Å². The van der Waals surface area contributed by atoms with E-state index in [4.69, 9.17) is 27.9 Å². The number of para-hydroxylation sites is 1. The van der Waals surface area contributed by atoms with Crippen LogP contribution in [0.15, 0.2) is 60.8 Å². The van der Waals surface area contributed by atoms with Gasteiger partial charge in [-0.1, -0.05) is 65.7 Å². The normalized spacial score (nSPS) is 10.3. The second-order valence-corrected chi connectivity index (χ2v) is 7.56. The van der Waals surface area contributed by atoms with Gasteiger partial charge in [0, 0.05) is 6.20 Å². The third kappa shape index (κ3) is 6.06. The number of nitrogens with one attached hydrogen (secondary N) is 2. The summed E-state index contributed by atoms with van der Waals surface area (Å²) in [7, 11) is 0. The minimum Gasteiger partial charge on any atom is -0.452 e. The third-order valence-electron chi connectivity index (χ3n) is 4.42. The van der Waals surface area contributed by atoms with Crippen LogP contribution in [-0.4, -0.2) is 29.4 Å². The number of esters is 1. The Morgan fingerprint density at radius 2 is 1.62 bits per heavy atom. The number of carbonyl (C=O) groups excluding carboxylic acids is 3. The van der Waals surface area contributed by atoms with Crippen molar-refractivity contribution in [2.45, 2.75) is 13.3 Å². The van der Waals surface area contributed by atoms with Gasteiger partial charge in [-0.2, -0.15) is 0 Å². The summed E-state index contributed by atoms with van der Waals surface area (Å²) in [4.78, 5) is 41.0. The van der Waals surface area contributed by atoms with Crippen molar-refractivity contribution in [2.75, 3.05) is 17.2 Å². The van der Waals surface area contributed by atoms with Crippen molar-refractivity contribution in [2.24, 2.45) is 0 Å². The van der Waals surface area contributed by atoms with Gasteiger partial charge in [-0.3, -0.25) is 9.59 Å². The van der Waals surface area contributed by atoms with E-state index in [1.807, 2.05) is 30.3 Å². The smallest absolute Gasteiger partial charge is 0.340 e. The van der Waals surface area contributed by atoms with Gasteiger partial charge < -0.3 is 15.4 Å². The number of hydrogen-bond donors (Lipinski definition) is 2. The van der Waals surface area contributed by atoms with Crippen LogP contribution in [0.1, 0.15) is 21.5 Å². The van der Waals surface area contributed by atoms with Crippen molar-refractivity contribution in [3.05, 3.63) is 87.5 Å². The Morgan fingerprint density at radius 3 is 2.38 bits per heavy atom. The summed E-state index contributed by atoms with van der Waals surface area (Å²) in [5, 5.41) is 5.74. The van der Waals surface area contributed by atoms with Crippen molar-refractivity contribution >= 4 is 52.5 Å². The Kier molecular flexibility index (Phi) is 7.81. The highest BCUT2D eigenvalue weighted by Gasteiger charge is 2.17. The molecule has 0 saturated heterocycles.